The van der Waals surface area contributed by atoms with Crippen LogP contribution in [0.4, 0.5) is 4.39 Å². The molecule has 0 radical (unpaired) electrons. The molecule has 2 N–H and O–H groups in total. The molecule has 0 unspecified atom stereocenters. The highest BCUT2D eigenvalue weighted by molar-refractivity contribution is 7.99. The molecule has 106 valence electrons. The van der Waals surface area contributed by atoms with Crippen LogP contribution >= 0.6 is 11.8 Å². The predicted molar refractivity (Wildman–Crippen MR) is 79.2 cm³/mol. The summed E-state index contributed by atoms with van der Waals surface area (Å²) in [5.74, 6) is -0.250. The molecule has 0 saturated carbocycles. The van der Waals surface area contributed by atoms with Crippen LogP contribution in [0.5, 0.6) is 0 Å². The number of aromatic nitrogens is 2. The minimum atomic E-state index is -0.250. The van der Waals surface area contributed by atoms with E-state index in [0.29, 0.717) is 16.5 Å². The molecule has 3 nitrogen and oxygen atoms in total. The van der Waals surface area contributed by atoms with Gasteiger partial charge >= 0.3 is 0 Å². The van der Waals surface area contributed by atoms with E-state index in [1.165, 1.54) is 17.8 Å². The van der Waals surface area contributed by atoms with Gasteiger partial charge in [-0.1, -0.05) is 37.7 Å². The summed E-state index contributed by atoms with van der Waals surface area (Å²) in [6, 6.07) is 6.66. The molecule has 0 atom stereocenters. The van der Waals surface area contributed by atoms with Crippen molar-refractivity contribution in [2.24, 2.45) is 5.73 Å². The molecule has 0 aliphatic carbocycles. The number of nitrogens with two attached hydrogens (primary N) is 1. The standard InChI is InChI=1S/C15H18FN3S/c1-3-10-11(9-17)15(19-18-13(10)4-2)20-14-8-6-5-7-12(14)16/h5-8H,3-4,9,17H2,1-2H3. The topological polar surface area (TPSA) is 51.8 Å². The summed E-state index contributed by atoms with van der Waals surface area (Å²) in [5, 5.41) is 9.19. The highest BCUT2D eigenvalue weighted by atomic mass is 32.2. The Hall–Kier alpha value is -1.46. The van der Waals surface area contributed by atoms with Gasteiger partial charge in [0.2, 0.25) is 0 Å². The first-order valence-corrected chi connectivity index (χ1v) is 7.52. The summed E-state index contributed by atoms with van der Waals surface area (Å²) >= 11 is 1.29. The second-order valence-corrected chi connectivity index (χ2v) is 5.38. The van der Waals surface area contributed by atoms with Gasteiger partial charge in [0.25, 0.3) is 0 Å². The van der Waals surface area contributed by atoms with Crippen molar-refractivity contribution < 1.29 is 4.39 Å². The van der Waals surface area contributed by atoms with Crippen molar-refractivity contribution in [2.75, 3.05) is 0 Å². The van der Waals surface area contributed by atoms with Crippen LogP contribution in [0, 0.1) is 5.82 Å². The van der Waals surface area contributed by atoms with Crippen LogP contribution in [-0.2, 0) is 19.4 Å². The Bertz CT molecular complexity index is 602. The van der Waals surface area contributed by atoms with Crippen molar-refractivity contribution in [3.63, 3.8) is 0 Å². The number of halogens is 1. The van der Waals surface area contributed by atoms with E-state index in [1.54, 1.807) is 12.1 Å². The maximum Gasteiger partial charge on any atom is 0.137 e. The van der Waals surface area contributed by atoms with Gasteiger partial charge in [-0.3, -0.25) is 0 Å². The lowest BCUT2D eigenvalue weighted by Gasteiger charge is -2.13. The van der Waals surface area contributed by atoms with Gasteiger partial charge in [0.15, 0.2) is 0 Å². The number of hydrogen-bond acceptors (Lipinski definition) is 4. The van der Waals surface area contributed by atoms with Gasteiger partial charge in [0.05, 0.1) is 5.69 Å². The number of hydrogen-bond donors (Lipinski definition) is 1. The van der Waals surface area contributed by atoms with Crippen molar-refractivity contribution in [1.82, 2.24) is 10.2 Å². The highest BCUT2D eigenvalue weighted by Gasteiger charge is 2.15. The number of nitrogens with zero attached hydrogens (tertiary/aromatic N) is 2. The first-order valence-electron chi connectivity index (χ1n) is 6.70. The third-order valence-electron chi connectivity index (χ3n) is 3.17. The molecule has 0 aliphatic rings. The van der Waals surface area contributed by atoms with Crippen LogP contribution < -0.4 is 5.73 Å². The molecule has 2 aromatic rings. The molecule has 20 heavy (non-hydrogen) atoms. The molecule has 0 aliphatic heterocycles. The molecular formula is C15H18FN3S. The second-order valence-electron chi connectivity index (χ2n) is 4.35. The van der Waals surface area contributed by atoms with E-state index in [4.69, 9.17) is 5.73 Å². The molecule has 0 amide bonds. The third kappa shape index (κ3) is 2.99. The summed E-state index contributed by atoms with van der Waals surface area (Å²) in [6.07, 6.45) is 1.68. The minimum absolute atomic E-state index is 0.250. The summed E-state index contributed by atoms with van der Waals surface area (Å²) in [5.41, 5.74) is 8.97. The molecule has 1 heterocycles. The lowest BCUT2D eigenvalue weighted by molar-refractivity contribution is 0.601. The third-order valence-corrected chi connectivity index (χ3v) is 4.24. The Balaban J connectivity index is 2.44. The maximum atomic E-state index is 13.7. The minimum Gasteiger partial charge on any atom is -0.326 e. The van der Waals surface area contributed by atoms with Crippen molar-refractivity contribution in [1.29, 1.82) is 0 Å². The van der Waals surface area contributed by atoms with Gasteiger partial charge in [-0.15, -0.1) is 5.10 Å². The number of benzene rings is 1. The largest absolute Gasteiger partial charge is 0.326 e. The Morgan fingerprint density at radius 1 is 1.10 bits per heavy atom. The van der Waals surface area contributed by atoms with Gasteiger partial charge < -0.3 is 5.73 Å². The van der Waals surface area contributed by atoms with Crippen LogP contribution in [0.3, 0.4) is 0 Å². The fraction of sp³-hybridized carbons (Fsp3) is 0.333. The SMILES string of the molecule is CCc1nnc(Sc2ccccc2F)c(CN)c1CC. The monoisotopic (exact) mass is 291 g/mol. The van der Waals surface area contributed by atoms with E-state index in [0.717, 1.165) is 29.7 Å². The zero-order chi connectivity index (χ0) is 14.5. The first kappa shape index (κ1) is 14.9. The lowest BCUT2D eigenvalue weighted by Crippen LogP contribution is -2.10. The summed E-state index contributed by atoms with van der Waals surface area (Å²) in [4.78, 5) is 0.544. The average molecular weight is 291 g/mol. The number of rotatable bonds is 5. The van der Waals surface area contributed by atoms with Crippen LogP contribution in [-0.4, -0.2) is 10.2 Å². The van der Waals surface area contributed by atoms with Crippen molar-refractivity contribution in [3.05, 3.63) is 46.9 Å². The molecular weight excluding hydrogens is 273 g/mol. The van der Waals surface area contributed by atoms with Gasteiger partial charge in [0, 0.05) is 17.0 Å². The van der Waals surface area contributed by atoms with Crippen molar-refractivity contribution in [2.45, 2.75) is 43.2 Å². The van der Waals surface area contributed by atoms with Gasteiger partial charge in [0.1, 0.15) is 10.8 Å². The van der Waals surface area contributed by atoms with Crippen LogP contribution in [0.1, 0.15) is 30.7 Å². The molecule has 2 rings (SSSR count). The molecule has 0 spiro atoms. The highest BCUT2D eigenvalue weighted by Crippen LogP contribution is 2.32. The van der Waals surface area contributed by atoms with E-state index >= 15 is 0 Å². The van der Waals surface area contributed by atoms with Crippen LogP contribution in [0.25, 0.3) is 0 Å². The van der Waals surface area contributed by atoms with Crippen LogP contribution in [0.15, 0.2) is 34.2 Å². The van der Waals surface area contributed by atoms with E-state index in [-0.39, 0.29) is 5.82 Å². The Morgan fingerprint density at radius 3 is 2.45 bits per heavy atom. The van der Waals surface area contributed by atoms with Crippen molar-refractivity contribution in [3.8, 4) is 0 Å². The van der Waals surface area contributed by atoms with E-state index in [2.05, 4.69) is 17.1 Å². The normalized spacial score (nSPS) is 10.8. The Kier molecular flexibility index (Phi) is 5.09. The Labute approximate surface area is 122 Å². The second kappa shape index (κ2) is 6.81. The molecule has 1 aromatic carbocycles. The summed E-state index contributed by atoms with van der Waals surface area (Å²) < 4.78 is 13.7. The van der Waals surface area contributed by atoms with E-state index in [9.17, 15) is 4.39 Å². The van der Waals surface area contributed by atoms with Gasteiger partial charge in [-0.05, 0) is 30.5 Å². The lowest BCUT2D eigenvalue weighted by atomic mass is 10.0. The van der Waals surface area contributed by atoms with Gasteiger partial charge in [-0.25, -0.2) is 4.39 Å². The number of aryl methyl sites for hydroxylation is 1. The quantitative estimate of drug-likeness (QED) is 0.918. The summed E-state index contributed by atoms with van der Waals surface area (Å²) in [7, 11) is 0. The van der Waals surface area contributed by atoms with Crippen molar-refractivity contribution >= 4 is 11.8 Å². The molecule has 0 saturated heterocycles. The first-order chi connectivity index (χ1) is 9.71. The smallest absolute Gasteiger partial charge is 0.137 e. The predicted octanol–water partition coefficient (Wildman–Crippen LogP) is 3.35. The molecule has 0 fully saturated rings. The molecule has 5 heteroatoms. The fourth-order valence-electron chi connectivity index (χ4n) is 2.16. The zero-order valence-electron chi connectivity index (χ0n) is 11.7. The Morgan fingerprint density at radius 2 is 1.85 bits per heavy atom. The van der Waals surface area contributed by atoms with Gasteiger partial charge in [-0.2, -0.15) is 5.10 Å². The summed E-state index contributed by atoms with van der Waals surface area (Å²) in [6.45, 7) is 4.52. The molecule has 0 bridgehead atoms. The zero-order valence-corrected chi connectivity index (χ0v) is 12.5. The maximum absolute atomic E-state index is 13.7. The van der Waals surface area contributed by atoms with Crippen LogP contribution in [0.2, 0.25) is 0 Å². The van der Waals surface area contributed by atoms with E-state index < -0.39 is 0 Å². The fourth-order valence-corrected chi connectivity index (χ4v) is 3.09. The average Bonchev–Trinajstić information content (AvgIpc) is 2.48. The van der Waals surface area contributed by atoms with E-state index in [1.807, 2.05) is 13.0 Å². The molecule has 1 aromatic heterocycles.